The lowest BCUT2D eigenvalue weighted by Gasteiger charge is -2.40. The first-order chi connectivity index (χ1) is 17.6. The van der Waals surface area contributed by atoms with E-state index in [0.717, 1.165) is 28.9 Å². The molecule has 0 saturated carbocycles. The first-order valence-electron chi connectivity index (χ1n) is 11.8. The molecule has 1 N–H and O–H groups in total. The number of alkyl halides is 3. The lowest BCUT2D eigenvalue weighted by molar-refractivity contribution is -0.274. The molecule has 2 aliphatic rings. The van der Waals surface area contributed by atoms with Crippen molar-refractivity contribution in [3.05, 3.63) is 83.2 Å². The van der Waals surface area contributed by atoms with Crippen molar-refractivity contribution in [2.45, 2.75) is 31.5 Å². The Kier molecular flexibility index (Phi) is 6.05. The van der Waals surface area contributed by atoms with Crippen LogP contribution in [0.1, 0.15) is 44.7 Å². The maximum absolute atomic E-state index is 13.4. The van der Waals surface area contributed by atoms with Gasteiger partial charge in [-0.2, -0.15) is 0 Å². The van der Waals surface area contributed by atoms with Crippen molar-refractivity contribution in [3.8, 4) is 11.5 Å². The Morgan fingerprint density at radius 1 is 1.03 bits per heavy atom. The molecule has 0 unspecified atom stereocenters. The van der Waals surface area contributed by atoms with Gasteiger partial charge >= 0.3 is 6.36 Å². The lowest BCUT2D eigenvalue weighted by atomic mass is 9.74. The highest BCUT2D eigenvalue weighted by molar-refractivity contribution is 6.09. The highest BCUT2D eigenvalue weighted by Gasteiger charge is 2.47. The molecule has 3 heterocycles. The van der Waals surface area contributed by atoms with Crippen molar-refractivity contribution in [2.75, 3.05) is 24.5 Å². The predicted molar refractivity (Wildman–Crippen MR) is 129 cm³/mol. The van der Waals surface area contributed by atoms with Gasteiger partial charge in [0.1, 0.15) is 11.5 Å². The summed E-state index contributed by atoms with van der Waals surface area (Å²) in [7, 11) is 0. The fourth-order valence-corrected chi connectivity index (χ4v) is 5.22. The second kappa shape index (κ2) is 9.10. The van der Waals surface area contributed by atoms with E-state index < -0.39 is 6.36 Å². The molecular formula is C27H24F3N3O4. The summed E-state index contributed by atoms with van der Waals surface area (Å²) in [5.74, 6) is -1.16. The van der Waals surface area contributed by atoms with Crippen LogP contribution in [0, 0.1) is 6.92 Å². The van der Waals surface area contributed by atoms with Gasteiger partial charge in [0.2, 0.25) is 0 Å². The molecule has 2 aromatic carbocycles. The van der Waals surface area contributed by atoms with E-state index in [0.29, 0.717) is 32.5 Å². The van der Waals surface area contributed by atoms with Crippen molar-refractivity contribution in [2.24, 2.45) is 0 Å². The molecule has 0 bridgehead atoms. The molecule has 0 atom stereocenters. The normalized spacial score (nSPS) is 16.5. The third-order valence-electron chi connectivity index (χ3n) is 7.09. The number of hydrogen-bond acceptors (Lipinski definition) is 5. The predicted octanol–water partition coefficient (Wildman–Crippen LogP) is 4.83. The first-order valence-corrected chi connectivity index (χ1v) is 11.8. The average Bonchev–Trinajstić information content (AvgIpc) is 3.16. The van der Waals surface area contributed by atoms with Crippen LogP contribution >= 0.6 is 0 Å². The van der Waals surface area contributed by atoms with E-state index >= 15 is 0 Å². The molecule has 0 radical (unpaired) electrons. The van der Waals surface area contributed by atoms with Crippen LogP contribution in [0.4, 0.5) is 18.9 Å². The molecule has 1 saturated heterocycles. The SMILES string of the molecule is Cc1ccc2c(c1)C1(CCN(C(=O)c3ccc(OC(F)(F)F)cc3)CC1)CN2C(=O)c1ccncc1O. The summed E-state index contributed by atoms with van der Waals surface area (Å²) in [4.78, 5) is 33.7. The Hall–Kier alpha value is -4.08. The van der Waals surface area contributed by atoms with Crippen LogP contribution in [-0.4, -0.2) is 52.8 Å². The van der Waals surface area contributed by atoms with Gasteiger partial charge < -0.3 is 19.6 Å². The number of anilines is 1. The number of ether oxygens (including phenoxy) is 1. The van der Waals surface area contributed by atoms with Gasteiger partial charge in [0.25, 0.3) is 11.8 Å². The standard InChI is InChI=1S/C27H24F3N3O4/c1-17-2-7-22-21(14-17)26(16-33(22)25(36)20-8-11-31-15-23(20)34)9-12-32(13-10-26)24(35)18-3-5-19(6-4-18)37-27(28,29)30/h2-8,11,14-15,34H,9-10,12-13,16H2,1H3. The smallest absolute Gasteiger partial charge is 0.505 e. The molecule has 1 spiro atoms. The van der Waals surface area contributed by atoms with E-state index in [1.54, 1.807) is 9.80 Å². The summed E-state index contributed by atoms with van der Waals surface area (Å²) >= 11 is 0. The zero-order chi connectivity index (χ0) is 26.4. The number of carbonyl (C=O) groups excluding carboxylic acids is 2. The molecule has 2 amide bonds. The van der Waals surface area contributed by atoms with Gasteiger partial charge in [-0.1, -0.05) is 17.7 Å². The number of pyridine rings is 1. The summed E-state index contributed by atoms with van der Waals surface area (Å²) in [5, 5.41) is 10.2. The highest BCUT2D eigenvalue weighted by Crippen LogP contribution is 2.48. The van der Waals surface area contributed by atoms with Crippen LogP contribution < -0.4 is 9.64 Å². The van der Waals surface area contributed by atoms with Gasteiger partial charge in [-0.05, 0) is 61.7 Å². The van der Waals surface area contributed by atoms with Crippen LogP contribution in [-0.2, 0) is 5.41 Å². The number of amides is 2. The lowest BCUT2D eigenvalue weighted by Crippen LogP contribution is -2.47. The minimum absolute atomic E-state index is 0.170. The van der Waals surface area contributed by atoms with Crippen molar-refractivity contribution in [3.63, 3.8) is 0 Å². The number of halogens is 3. The summed E-state index contributed by atoms with van der Waals surface area (Å²) in [6.07, 6.45) is -0.886. The van der Waals surface area contributed by atoms with Crippen molar-refractivity contribution < 1.29 is 32.6 Å². The zero-order valence-electron chi connectivity index (χ0n) is 20.0. The Morgan fingerprint density at radius 2 is 1.73 bits per heavy atom. The van der Waals surface area contributed by atoms with Crippen LogP contribution in [0.25, 0.3) is 0 Å². The number of likely N-dealkylation sites (tertiary alicyclic amines) is 1. The third kappa shape index (κ3) is 4.71. The van der Waals surface area contributed by atoms with E-state index in [4.69, 9.17) is 0 Å². The summed E-state index contributed by atoms with van der Waals surface area (Å²) in [5.41, 5.74) is 2.96. The van der Waals surface area contributed by atoms with Gasteiger partial charge in [0.15, 0.2) is 0 Å². The molecule has 3 aromatic rings. The second-order valence-corrected chi connectivity index (χ2v) is 9.45. The zero-order valence-corrected chi connectivity index (χ0v) is 20.0. The quantitative estimate of drug-likeness (QED) is 0.545. The van der Waals surface area contributed by atoms with E-state index in [-0.39, 0.29) is 39.9 Å². The number of nitrogens with zero attached hydrogens (tertiary/aromatic N) is 3. The fourth-order valence-electron chi connectivity index (χ4n) is 5.22. The van der Waals surface area contributed by atoms with Gasteiger partial charge in [-0.15, -0.1) is 13.2 Å². The Morgan fingerprint density at radius 3 is 2.38 bits per heavy atom. The summed E-state index contributed by atoms with van der Waals surface area (Å²) in [6, 6.07) is 12.3. The molecule has 7 nitrogen and oxygen atoms in total. The molecule has 1 fully saturated rings. The molecule has 192 valence electrons. The van der Waals surface area contributed by atoms with Gasteiger partial charge in [0.05, 0.1) is 11.8 Å². The topological polar surface area (TPSA) is 83.0 Å². The van der Waals surface area contributed by atoms with Crippen LogP contribution in [0.3, 0.4) is 0 Å². The van der Waals surface area contributed by atoms with E-state index in [1.807, 2.05) is 19.1 Å². The Balaban J connectivity index is 1.35. The van der Waals surface area contributed by atoms with Crippen LogP contribution in [0.2, 0.25) is 0 Å². The number of carbonyl (C=O) groups is 2. The third-order valence-corrected chi connectivity index (χ3v) is 7.09. The van der Waals surface area contributed by atoms with Crippen molar-refractivity contribution in [1.82, 2.24) is 9.88 Å². The number of hydrogen-bond donors (Lipinski definition) is 1. The van der Waals surface area contributed by atoms with Gasteiger partial charge in [0, 0.05) is 42.5 Å². The number of benzene rings is 2. The molecule has 2 aliphatic heterocycles. The summed E-state index contributed by atoms with van der Waals surface area (Å²) in [6.45, 7) is 3.25. The van der Waals surface area contributed by atoms with E-state index in [2.05, 4.69) is 15.8 Å². The van der Waals surface area contributed by atoms with Crippen molar-refractivity contribution in [1.29, 1.82) is 0 Å². The van der Waals surface area contributed by atoms with Crippen LogP contribution in [0.5, 0.6) is 11.5 Å². The molecular weight excluding hydrogens is 487 g/mol. The Bertz CT molecular complexity index is 1350. The maximum atomic E-state index is 13.4. The molecule has 10 heteroatoms. The van der Waals surface area contributed by atoms with E-state index in [9.17, 15) is 27.9 Å². The number of fused-ring (bicyclic) bond motifs is 2. The van der Waals surface area contributed by atoms with E-state index in [1.165, 1.54) is 30.6 Å². The van der Waals surface area contributed by atoms with Gasteiger partial charge in [-0.25, -0.2) is 0 Å². The van der Waals surface area contributed by atoms with Crippen LogP contribution in [0.15, 0.2) is 60.9 Å². The largest absolute Gasteiger partial charge is 0.573 e. The fraction of sp³-hybridized carbons (Fsp3) is 0.296. The summed E-state index contributed by atoms with van der Waals surface area (Å²) < 4.78 is 41.2. The number of rotatable bonds is 3. The average molecular weight is 512 g/mol. The van der Waals surface area contributed by atoms with Gasteiger partial charge in [-0.3, -0.25) is 14.6 Å². The molecule has 37 heavy (non-hydrogen) atoms. The molecule has 5 rings (SSSR count). The highest BCUT2D eigenvalue weighted by atomic mass is 19.4. The molecule has 1 aromatic heterocycles. The minimum Gasteiger partial charge on any atom is -0.505 e. The number of aryl methyl sites for hydroxylation is 1. The minimum atomic E-state index is -4.80. The maximum Gasteiger partial charge on any atom is 0.573 e. The first kappa shape index (κ1) is 24.6. The second-order valence-electron chi connectivity index (χ2n) is 9.45. The number of aromatic nitrogens is 1. The number of piperidine rings is 1. The van der Waals surface area contributed by atoms with Crippen molar-refractivity contribution >= 4 is 17.5 Å². The molecule has 0 aliphatic carbocycles. The Labute approximate surface area is 211 Å². The number of aromatic hydroxyl groups is 1. The monoisotopic (exact) mass is 511 g/mol.